The van der Waals surface area contributed by atoms with Crippen LogP contribution in [0.25, 0.3) is 0 Å². The maximum absolute atomic E-state index is 12.3. The first-order valence-corrected chi connectivity index (χ1v) is 11.2. The Hall–Kier alpha value is -1.76. The van der Waals surface area contributed by atoms with Crippen LogP contribution in [0.15, 0.2) is 29.2 Å². The molecule has 0 unspecified atom stereocenters. The van der Waals surface area contributed by atoms with Gasteiger partial charge in [-0.1, -0.05) is 18.3 Å². The molecular formula is C13H18N4O5S3. The van der Waals surface area contributed by atoms with Gasteiger partial charge < -0.3 is 4.74 Å². The number of methoxy groups -OCH3 is 1. The molecule has 138 valence electrons. The molecule has 2 N–H and O–H groups in total. The minimum Gasteiger partial charge on any atom is -0.384 e. The second-order valence-corrected chi connectivity index (χ2v) is 9.48. The molecule has 2 rings (SSSR count). The lowest BCUT2D eigenvalue weighted by molar-refractivity contribution is 0.217. The number of benzene rings is 1. The second kappa shape index (κ2) is 8.08. The molecule has 0 fully saturated rings. The monoisotopic (exact) mass is 406 g/mol. The third-order valence-corrected chi connectivity index (χ3v) is 6.70. The Morgan fingerprint density at radius 1 is 1.08 bits per heavy atom. The fraction of sp³-hybridized carbons (Fsp3) is 0.385. The van der Waals surface area contributed by atoms with E-state index in [9.17, 15) is 16.8 Å². The number of aromatic nitrogens is 2. The molecule has 0 bridgehead atoms. The van der Waals surface area contributed by atoms with Crippen LogP contribution in [0.1, 0.15) is 11.9 Å². The zero-order valence-electron chi connectivity index (χ0n) is 13.6. The van der Waals surface area contributed by atoms with Crippen molar-refractivity contribution >= 4 is 42.2 Å². The zero-order chi connectivity index (χ0) is 18.5. The molecule has 2 aromatic rings. The molecular weight excluding hydrogens is 388 g/mol. The number of ether oxygens (including phenoxy) is 1. The van der Waals surface area contributed by atoms with Crippen molar-refractivity contribution in [1.82, 2.24) is 10.2 Å². The smallest absolute Gasteiger partial charge is 0.263 e. The lowest BCUT2D eigenvalue weighted by atomic mass is 10.3. The van der Waals surface area contributed by atoms with E-state index in [0.29, 0.717) is 6.42 Å². The van der Waals surface area contributed by atoms with Crippen molar-refractivity contribution in [2.24, 2.45) is 0 Å². The van der Waals surface area contributed by atoms with E-state index in [2.05, 4.69) is 19.6 Å². The van der Waals surface area contributed by atoms with Crippen molar-refractivity contribution in [2.45, 2.75) is 18.2 Å². The van der Waals surface area contributed by atoms with Crippen molar-refractivity contribution in [3.63, 3.8) is 0 Å². The van der Waals surface area contributed by atoms with Gasteiger partial charge in [0, 0.05) is 12.8 Å². The number of nitrogens with one attached hydrogen (secondary N) is 2. The maximum atomic E-state index is 12.3. The van der Waals surface area contributed by atoms with Gasteiger partial charge in [0.25, 0.3) is 10.0 Å². The summed E-state index contributed by atoms with van der Waals surface area (Å²) in [6.07, 6.45) is 0.664. The molecule has 0 spiro atoms. The minimum absolute atomic E-state index is 0.0133. The summed E-state index contributed by atoms with van der Waals surface area (Å²) in [5.41, 5.74) is 0.263. The van der Waals surface area contributed by atoms with E-state index in [4.69, 9.17) is 4.74 Å². The van der Waals surface area contributed by atoms with Crippen molar-refractivity contribution in [2.75, 3.05) is 28.9 Å². The van der Waals surface area contributed by atoms with Crippen LogP contribution in [-0.2, 0) is 31.2 Å². The van der Waals surface area contributed by atoms with Crippen LogP contribution in [0.5, 0.6) is 0 Å². The molecule has 1 aromatic heterocycles. The number of anilines is 2. The molecule has 25 heavy (non-hydrogen) atoms. The number of aryl methyl sites for hydroxylation is 1. The van der Waals surface area contributed by atoms with Crippen LogP contribution in [0.4, 0.5) is 10.8 Å². The molecule has 9 nitrogen and oxygen atoms in total. The summed E-state index contributed by atoms with van der Waals surface area (Å²) in [5.74, 6) is -0.193. The molecule has 0 atom stereocenters. The molecule has 0 saturated carbocycles. The van der Waals surface area contributed by atoms with Crippen LogP contribution in [0.2, 0.25) is 0 Å². The lowest BCUT2D eigenvalue weighted by Gasteiger charge is -2.09. The summed E-state index contributed by atoms with van der Waals surface area (Å²) in [6, 6.07) is 5.35. The van der Waals surface area contributed by atoms with E-state index >= 15 is 0 Å². The maximum Gasteiger partial charge on any atom is 0.263 e. The quantitative estimate of drug-likeness (QED) is 0.642. The first-order valence-electron chi connectivity index (χ1n) is 7.20. The Balaban J connectivity index is 2.10. The number of rotatable bonds is 9. The highest BCUT2D eigenvalue weighted by atomic mass is 32.2. The van der Waals surface area contributed by atoms with Crippen molar-refractivity contribution < 1.29 is 21.6 Å². The van der Waals surface area contributed by atoms with Crippen molar-refractivity contribution in [1.29, 1.82) is 0 Å². The summed E-state index contributed by atoms with van der Waals surface area (Å²) < 4.78 is 57.6. The fourth-order valence-electron chi connectivity index (χ4n) is 1.74. The van der Waals surface area contributed by atoms with Crippen molar-refractivity contribution in [3.8, 4) is 0 Å². The standard InChI is InChI=1S/C13H18N4O5S3/c1-3-12-14-15-13(23-12)17-25(20,21)11-6-4-10(5-7-11)16-24(18,19)9-8-22-2/h4-7,16H,3,8-9H2,1-2H3,(H,15,17). The van der Waals surface area contributed by atoms with Crippen LogP contribution < -0.4 is 9.44 Å². The predicted molar refractivity (Wildman–Crippen MR) is 95.8 cm³/mol. The molecule has 0 radical (unpaired) electrons. The van der Waals surface area contributed by atoms with Gasteiger partial charge in [-0.3, -0.25) is 9.44 Å². The van der Waals surface area contributed by atoms with E-state index in [-0.39, 0.29) is 28.1 Å². The average molecular weight is 407 g/mol. The minimum atomic E-state index is -3.82. The first kappa shape index (κ1) is 19.6. The third kappa shape index (κ3) is 5.63. The number of hydrogen-bond acceptors (Lipinski definition) is 8. The molecule has 0 aliphatic carbocycles. The number of nitrogens with zero attached hydrogens (tertiary/aromatic N) is 2. The predicted octanol–water partition coefficient (Wildman–Crippen LogP) is 1.29. The summed E-state index contributed by atoms with van der Waals surface area (Å²) in [5, 5.41) is 8.52. The van der Waals surface area contributed by atoms with Gasteiger partial charge in [0.05, 0.1) is 17.3 Å². The zero-order valence-corrected chi connectivity index (χ0v) is 16.0. The van der Waals surface area contributed by atoms with Crippen LogP contribution in [0.3, 0.4) is 0 Å². The highest BCUT2D eigenvalue weighted by molar-refractivity contribution is 7.93. The van der Waals surface area contributed by atoms with Gasteiger partial charge in [-0.25, -0.2) is 16.8 Å². The summed E-state index contributed by atoms with van der Waals surface area (Å²) in [4.78, 5) is -0.0133. The van der Waals surface area contributed by atoms with Gasteiger partial charge in [-0.2, -0.15) is 0 Å². The Kier molecular flexibility index (Phi) is 6.32. The van der Waals surface area contributed by atoms with E-state index < -0.39 is 20.0 Å². The first-order chi connectivity index (χ1) is 11.8. The largest absolute Gasteiger partial charge is 0.384 e. The van der Waals surface area contributed by atoms with E-state index in [1.54, 1.807) is 0 Å². The molecule has 1 aromatic carbocycles. The van der Waals surface area contributed by atoms with Crippen LogP contribution >= 0.6 is 11.3 Å². The summed E-state index contributed by atoms with van der Waals surface area (Å²) in [6.45, 7) is 1.96. The Labute approximate surface area is 150 Å². The normalized spacial score (nSPS) is 12.1. The highest BCUT2D eigenvalue weighted by Gasteiger charge is 2.17. The average Bonchev–Trinajstić information content (AvgIpc) is 3.00. The van der Waals surface area contributed by atoms with Crippen molar-refractivity contribution in [3.05, 3.63) is 29.3 Å². The highest BCUT2D eigenvalue weighted by Crippen LogP contribution is 2.21. The summed E-state index contributed by atoms with van der Waals surface area (Å²) in [7, 11) is -5.97. The van der Waals surface area contributed by atoms with E-state index in [1.165, 1.54) is 31.4 Å². The topological polar surface area (TPSA) is 127 Å². The third-order valence-electron chi connectivity index (χ3n) is 2.99. The molecule has 1 heterocycles. The van der Waals surface area contributed by atoms with Gasteiger partial charge in [0.2, 0.25) is 15.2 Å². The van der Waals surface area contributed by atoms with Gasteiger partial charge in [-0.05, 0) is 30.7 Å². The lowest BCUT2D eigenvalue weighted by Crippen LogP contribution is -2.19. The van der Waals surface area contributed by atoms with Crippen LogP contribution in [0, 0.1) is 0 Å². The fourth-order valence-corrected chi connectivity index (χ4v) is 4.63. The van der Waals surface area contributed by atoms with Crippen LogP contribution in [-0.4, -0.2) is 46.5 Å². The molecule has 0 amide bonds. The Morgan fingerprint density at radius 2 is 1.76 bits per heavy atom. The second-order valence-electron chi connectivity index (χ2n) is 4.90. The number of sulfonamides is 2. The van der Waals surface area contributed by atoms with Gasteiger partial charge >= 0.3 is 0 Å². The SMILES string of the molecule is CCc1nnc(NS(=O)(=O)c2ccc(NS(=O)(=O)CCOC)cc2)s1. The Morgan fingerprint density at radius 3 is 2.32 bits per heavy atom. The molecule has 0 aliphatic rings. The summed E-state index contributed by atoms with van der Waals surface area (Å²) >= 11 is 1.16. The van der Waals surface area contributed by atoms with E-state index in [1.807, 2.05) is 6.92 Å². The van der Waals surface area contributed by atoms with Gasteiger partial charge in [0.15, 0.2) is 0 Å². The van der Waals surface area contributed by atoms with Gasteiger partial charge in [-0.15, -0.1) is 10.2 Å². The molecule has 0 aliphatic heterocycles. The molecule has 12 heteroatoms. The Bertz CT molecular complexity index is 907. The van der Waals surface area contributed by atoms with Gasteiger partial charge in [0.1, 0.15) is 5.01 Å². The number of hydrogen-bond donors (Lipinski definition) is 2. The van der Waals surface area contributed by atoms with E-state index in [0.717, 1.165) is 16.3 Å². The molecule has 0 saturated heterocycles.